The summed E-state index contributed by atoms with van der Waals surface area (Å²) in [5.74, 6) is 2.09. The van der Waals surface area contributed by atoms with Crippen molar-refractivity contribution in [3.05, 3.63) is 101 Å². The number of pyridine rings is 1. The van der Waals surface area contributed by atoms with E-state index in [1.165, 1.54) is 12.3 Å². The SMILES string of the molecule is C.COc1cc2c(cc1OC)CN(c1nccc(C(=O)Nc3cnccc3N3CCN(C(=O)OC(C)(C)C)CC3)n1)C2.COc1cc2c(cc1OC)CN(c1nccc(C(=O)O)n1)C2. The minimum atomic E-state index is -1.07. The number of aromatic nitrogens is 5. The minimum Gasteiger partial charge on any atom is -0.493 e. The van der Waals surface area contributed by atoms with Crippen LogP contribution in [0.3, 0.4) is 0 Å². The summed E-state index contributed by atoms with van der Waals surface area (Å²) in [4.78, 5) is 66.0. The summed E-state index contributed by atoms with van der Waals surface area (Å²) in [5.41, 5.74) is 5.42. The maximum Gasteiger partial charge on any atom is 0.410 e. The summed E-state index contributed by atoms with van der Waals surface area (Å²) in [6.45, 7) is 10.1. The number of fused-ring (bicyclic) bond motifs is 2. The van der Waals surface area contributed by atoms with E-state index in [4.69, 9.17) is 28.8 Å². The summed E-state index contributed by atoms with van der Waals surface area (Å²) < 4.78 is 27.0. The number of anilines is 4. The van der Waals surface area contributed by atoms with Gasteiger partial charge in [0, 0.05) is 70.9 Å². The van der Waals surface area contributed by atoms with E-state index in [-0.39, 0.29) is 30.8 Å². The molecule has 1 fully saturated rings. The van der Waals surface area contributed by atoms with Gasteiger partial charge in [-0.25, -0.2) is 29.5 Å². The fraction of sp³-hybridized carbons (Fsp3) is 0.378. The monoisotopic (exact) mass is 878 g/mol. The molecule has 0 aliphatic carbocycles. The predicted octanol–water partition coefficient (Wildman–Crippen LogP) is 6.07. The second kappa shape index (κ2) is 19.7. The van der Waals surface area contributed by atoms with Crippen LogP contribution in [0.4, 0.5) is 28.1 Å². The molecule has 2 N–H and O–H groups in total. The van der Waals surface area contributed by atoms with Crippen molar-refractivity contribution < 1.29 is 43.2 Å². The van der Waals surface area contributed by atoms with Crippen molar-refractivity contribution in [2.24, 2.45) is 0 Å². The molecule has 0 radical (unpaired) electrons. The van der Waals surface area contributed by atoms with Crippen molar-refractivity contribution in [1.29, 1.82) is 0 Å². The molecule has 0 bridgehead atoms. The number of nitrogens with zero attached hydrogens (tertiary/aromatic N) is 9. The molecule has 0 unspecified atom stereocenters. The highest BCUT2D eigenvalue weighted by molar-refractivity contribution is 6.04. The third kappa shape index (κ3) is 10.4. The molecule has 64 heavy (non-hydrogen) atoms. The number of carboxylic acid groups (broad SMARTS) is 1. The van der Waals surface area contributed by atoms with Crippen molar-refractivity contribution in [3.63, 3.8) is 0 Å². The second-order valence-electron chi connectivity index (χ2n) is 15.8. The lowest BCUT2D eigenvalue weighted by Gasteiger charge is -2.37. The van der Waals surface area contributed by atoms with Gasteiger partial charge in [-0.1, -0.05) is 7.43 Å². The number of nitrogens with one attached hydrogen (secondary N) is 1. The van der Waals surface area contributed by atoms with E-state index in [0.29, 0.717) is 92.9 Å². The lowest BCUT2D eigenvalue weighted by Crippen LogP contribution is -2.50. The van der Waals surface area contributed by atoms with Gasteiger partial charge in [-0.05, 0) is 85.5 Å². The number of ether oxygens (including phenoxy) is 5. The number of carboxylic acids is 1. The molecule has 3 aliphatic rings. The number of rotatable bonds is 10. The molecule has 8 rings (SSSR count). The highest BCUT2D eigenvalue weighted by atomic mass is 16.6. The fourth-order valence-electron chi connectivity index (χ4n) is 7.38. The van der Waals surface area contributed by atoms with E-state index in [1.807, 2.05) is 60.9 Å². The maximum absolute atomic E-state index is 13.3. The molecular formula is C45H54N10O9. The molecule has 3 aliphatic heterocycles. The Morgan fingerprint density at radius 3 is 1.53 bits per heavy atom. The number of methoxy groups -OCH3 is 4. The first-order valence-electron chi connectivity index (χ1n) is 20.1. The summed E-state index contributed by atoms with van der Waals surface area (Å²) >= 11 is 0. The van der Waals surface area contributed by atoms with E-state index >= 15 is 0 Å². The molecule has 3 aromatic heterocycles. The summed E-state index contributed by atoms with van der Waals surface area (Å²) in [6.07, 6.45) is 6.02. The van der Waals surface area contributed by atoms with Crippen molar-refractivity contribution >= 4 is 41.2 Å². The molecule has 19 nitrogen and oxygen atoms in total. The van der Waals surface area contributed by atoms with Crippen LogP contribution in [-0.4, -0.2) is 113 Å². The van der Waals surface area contributed by atoms with E-state index < -0.39 is 11.6 Å². The van der Waals surface area contributed by atoms with Gasteiger partial charge >= 0.3 is 12.1 Å². The number of carbonyl (C=O) groups is 3. The molecule has 0 atom stereocenters. The van der Waals surface area contributed by atoms with Crippen LogP contribution in [-0.2, 0) is 30.9 Å². The van der Waals surface area contributed by atoms with Gasteiger partial charge in [-0.2, -0.15) is 0 Å². The van der Waals surface area contributed by atoms with E-state index in [0.717, 1.165) is 27.9 Å². The number of piperazine rings is 1. The van der Waals surface area contributed by atoms with E-state index in [9.17, 15) is 14.4 Å². The molecule has 0 spiro atoms. The summed E-state index contributed by atoms with van der Waals surface area (Å²) in [5, 5.41) is 12.0. The molecule has 2 aromatic carbocycles. The van der Waals surface area contributed by atoms with Crippen LogP contribution >= 0.6 is 0 Å². The fourth-order valence-corrected chi connectivity index (χ4v) is 7.38. The Morgan fingerprint density at radius 2 is 1.09 bits per heavy atom. The zero-order valence-corrected chi connectivity index (χ0v) is 36.2. The van der Waals surface area contributed by atoms with Crippen LogP contribution in [0.15, 0.2) is 67.3 Å². The lowest BCUT2D eigenvalue weighted by atomic mass is 10.1. The smallest absolute Gasteiger partial charge is 0.410 e. The highest BCUT2D eigenvalue weighted by Gasteiger charge is 2.29. The standard InChI is InChI=1S/C29H35N7O5.C15H15N3O4.CH4/c1-29(2,3)41-28(38)35-12-10-34(11-13-35)23-7-8-30-16-22(23)32-26(37)21-6-9-31-27(33-21)36-17-19-14-24(39-4)25(40-5)15-20(19)18-36;1-21-12-5-9-7-18(8-10(9)6-13(12)22-2)15-16-4-3-11(17-15)14(19)20;/h6-9,14-16H,10-13,17-18H2,1-5H3,(H,32,37);3-6H,7-8H2,1-2H3,(H,19,20);1H4. The van der Waals surface area contributed by atoms with Gasteiger partial charge in [0.1, 0.15) is 11.3 Å². The Bertz CT molecular complexity index is 2420. The van der Waals surface area contributed by atoms with Crippen molar-refractivity contribution in [3.8, 4) is 23.0 Å². The van der Waals surface area contributed by atoms with Crippen LogP contribution < -0.4 is 39.0 Å². The normalized spacial score (nSPS) is 14.0. The van der Waals surface area contributed by atoms with Crippen LogP contribution in [0.25, 0.3) is 0 Å². The third-order valence-corrected chi connectivity index (χ3v) is 10.5. The van der Waals surface area contributed by atoms with Gasteiger partial charge in [-0.3, -0.25) is 9.78 Å². The van der Waals surface area contributed by atoms with Crippen LogP contribution in [0.2, 0.25) is 0 Å². The zero-order valence-electron chi connectivity index (χ0n) is 36.2. The minimum absolute atomic E-state index is 0. The average molecular weight is 879 g/mol. The molecule has 5 aromatic rings. The van der Waals surface area contributed by atoms with Crippen molar-refractivity contribution in [2.45, 2.75) is 60.0 Å². The van der Waals surface area contributed by atoms with Crippen LogP contribution in [0, 0.1) is 0 Å². The lowest BCUT2D eigenvalue weighted by molar-refractivity contribution is 0.0240. The zero-order chi connectivity index (χ0) is 44.8. The number of carbonyl (C=O) groups excluding carboxylic acids is 2. The average Bonchev–Trinajstić information content (AvgIpc) is 3.92. The Labute approximate surface area is 371 Å². The Kier molecular flexibility index (Phi) is 14.2. The topological polar surface area (TPSA) is 207 Å². The first kappa shape index (κ1) is 46.1. The summed E-state index contributed by atoms with van der Waals surface area (Å²) in [6, 6.07) is 12.6. The van der Waals surface area contributed by atoms with Gasteiger partial charge in [0.15, 0.2) is 28.7 Å². The molecule has 338 valence electrons. The highest BCUT2D eigenvalue weighted by Crippen LogP contribution is 2.37. The number of amides is 2. The number of benzene rings is 2. The van der Waals surface area contributed by atoms with Gasteiger partial charge in [-0.15, -0.1) is 0 Å². The first-order valence-corrected chi connectivity index (χ1v) is 20.1. The molecule has 1 saturated heterocycles. The molecular weight excluding hydrogens is 825 g/mol. The Balaban J connectivity index is 0.000000249. The third-order valence-electron chi connectivity index (χ3n) is 10.5. The summed E-state index contributed by atoms with van der Waals surface area (Å²) in [7, 11) is 6.41. The number of hydrogen-bond donors (Lipinski definition) is 2. The predicted molar refractivity (Wildman–Crippen MR) is 239 cm³/mol. The van der Waals surface area contributed by atoms with E-state index in [1.54, 1.807) is 58.0 Å². The Hall–Kier alpha value is -7.44. The second-order valence-corrected chi connectivity index (χ2v) is 15.8. The van der Waals surface area contributed by atoms with Gasteiger partial charge in [0.25, 0.3) is 5.91 Å². The number of aromatic carboxylic acids is 1. The molecule has 0 saturated carbocycles. The van der Waals surface area contributed by atoms with Gasteiger partial charge in [0.05, 0.1) is 46.0 Å². The number of hydrogen-bond acceptors (Lipinski definition) is 16. The van der Waals surface area contributed by atoms with Crippen LogP contribution in [0.5, 0.6) is 23.0 Å². The first-order chi connectivity index (χ1) is 30.3. The quantitative estimate of drug-likeness (QED) is 0.163. The largest absolute Gasteiger partial charge is 0.493 e. The molecule has 19 heteroatoms. The Morgan fingerprint density at radius 1 is 0.641 bits per heavy atom. The molecule has 6 heterocycles. The maximum atomic E-state index is 13.3. The van der Waals surface area contributed by atoms with Crippen molar-refractivity contribution in [1.82, 2.24) is 29.8 Å². The van der Waals surface area contributed by atoms with Crippen molar-refractivity contribution in [2.75, 3.05) is 74.6 Å². The van der Waals surface area contributed by atoms with Gasteiger partial charge in [0.2, 0.25) is 11.9 Å². The molecule has 2 amide bonds. The van der Waals surface area contributed by atoms with Crippen LogP contribution in [0.1, 0.15) is 71.4 Å². The van der Waals surface area contributed by atoms with E-state index in [2.05, 4.69) is 35.1 Å². The van der Waals surface area contributed by atoms with Gasteiger partial charge < -0.3 is 53.7 Å².